The van der Waals surface area contributed by atoms with Crippen LogP contribution in [-0.2, 0) is 10.0 Å². The van der Waals surface area contributed by atoms with Crippen molar-refractivity contribution in [2.45, 2.75) is 31.2 Å². The van der Waals surface area contributed by atoms with Crippen molar-refractivity contribution in [3.8, 4) is 0 Å². The number of carbonyl (C=O) groups excluding carboxylic acids is 1. The number of hydrogen-bond acceptors (Lipinski definition) is 3. The maximum absolute atomic E-state index is 13.4. The minimum atomic E-state index is -4.04. The minimum absolute atomic E-state index is 0.0336. The summed E-state index contributed by atoms with van der Waals surface area (Å²) in [6.45, 7) is 3.76. The van der Waals surface area contributed by atoms with Crippen molar-refractivity contribution in [1.29, 1.82) is 0 Å². The predicted octanol–water partition coefficient (Wildman–Crippen LogP) is 1.34. The number of nitrogens with zero attached hydrogens (tertiary/aromatic N) is 1. The van der Waals surface area contributed by atoms with E-state index in [-0.39, 0.29) is 11.6 Å². The number of hydrogen-bond donors (Lipinski definition) is 1. The van der Waals surface area contributed by atoms with Crippen LogP contribution in [0.5, 0.6) is 0 Å². The number of nitrogens with two attached hydrogens (primary N) is 1. The molecule has 0 heterocycles. The van der Waals surface area contributed by atoms with Gasteiger partial charge in [0.05, 0.1) is 4.90 Å². The Balaban J connectivity index is 3.22. The molecule has 0 saturated heterocycles. The molecule has 0 saturated carbocycles. The fraction of sp³-hybridized carbons (Fsp3) is 0.417. The molecular weight excluding hydrogens is 271 g/mol. The number of amides is 1. The molecule has 19 heavy (non-hydrogen) atoms. The molecule has 1 aromatic rings. The number of benzene rings is 1. The van der Waals surface area contributed by atoms with Crippen LogP contribution in [0.1, 0.15) is 30.6 Å². The summed E-state index contributed by atoms with van der Waals surface area (Å²) in [6, 6.07) is 2.83. The highest BCUT2D eigenvalue weighted by Gasteiger charge is 2.19. The van der Waals surface area contributed by atoms with Gasteiger partial charge in [0.25, 0.3) is 5.91 Å². The molecule has 0 aromatic heterocycles. The Morgan fingerprint density at radius 3 is 2.47 bits per heavy atom. The van der Waals surface area contributed by atoms with Crippen molar-refractivity contribution in [3.05, 3.63) is 29.6 Å². The highest BCUT2D eigenvalue weighted by Crippen LogP contribution is 2.16. The molecule has 106 valence electrons. The van der Waals surface area contributed by atoms with Gasteiger partial charge in [-0.1, -0.05) is 6.92 Å². The summed E-state index contributed by atoms with van der Waals surface area (Å²) in [7, 11) is -2.46. The molecule has 1 aromatic carbocycles. The molecule has 1 atom stereocenters. The van der Waals surface area contributed by atoms with Crippen molar-refractivity contribution in [2.75, 3.05) is 7.05 Å². The molecular formula is C12H17FN2O3S. The summed E-state index contributed by atoms with van der Waals surface area (Å²) in [5.74, 6) is -1.26. The highest BCUT2D eigenvalue weighted by molar-refractivity contribution is 7.89. The molecule has 1 rings (SSSR count). The van der Waals surface area contributed by atoms with Gasteiger partial charge in [0.2, 0.25) is 10.0 Å². The zero-order valence-electron chi connectivity index (χ0n) is 11.1. The molecule has 0 bridgehead atoms. The van der Waals surface area contributed by atoms with Gasteiger partial charge in [0, 0.05) is 18.7 Å². The van der Waals surface area contributed by atoms with Crippen LogP contribution >= 0.6 is 0 Å². The fourth-order valence-corrected chi connectivity index (χ4v) is 2.10. The third-order valence-electron chi connectivity index (χ3n) is 3.02. The van der Waals surface area contributed by atoms with Crippen LogP contribution in [0.25, 0.3) is 0 Å². The van der Waals surface area contributed by atoms with E-state index in [0.29, 0.717) is 0 Å². The van der Waals surface area contributed by atoms with Crippen LogP contribution in [0, 0.1) is 5.82 Å². The fourth-order valence-electron chi connectivity index (χ4n) is 1.53. The van der Waals surface area contributed by atoms with Crippen molar-refractivity contribution in [3.63, 3.8) is 0 Å². The second-order valence-electron chi connectivity index (χ2n) is 4.39. The smallest absolute Gasteiger partial charge is 0.253 e. The topological polar surface area (TPSA) is 80.5 Å². The SMILES string of the molecule is CCC(C)N(C)C(=O)c1cc(F)cc(S(N)(=O)=O)c1. The van der Waals surface area contributed by atoms with E-state index in [9.17, 15) is 17.6 Å². The van der Waals surface area contributed by atoms with Gasteiger partial charge in [0.15, 0.2) is 0 Å². The van der Waals surface area contributed by atoms with Crippen LogP contribution in [0.3, 0.4) is 0 Å². The molecule has 2 N–H and O–H groups in total. The van der Waals surface area contributed by atoms with E-state index in [1.165, 1.54) is 4.90 Å². The minimum Gasteiger partial charge on any atom is -0.339 e. The third-order valence-corrected chi connectivity index (χ3v) is 3.91. The van der Waals surface area contributed by atoms with E-state index in [0.717, 1.165) is 24.6 Å². The Morgan fingerprint density at radius 2 is 2.00 bits per heavy atom. The lowest BCUT2D eigenvalue weighted by molar-refractivity contribution is 0.0740. The van der Waals surface area contributed by atoms with E-state index in [1.54, 1.807) is 7.05 Å². The van der Waals surface area contributed by atoms with Crippen molar-refractivity contribution in [1.82, 2.24) is 4.90 Å². The average Bonchev–Trinajstić information content (AvgIpc) is 2.34. The first-order valence-electron chi connectivity index (χ1n) is 5.77. The van der Waals surface area contributed by atoms with E-state index in [1.807, 2.05) is 13.8 Å². The number of sulfonamides is 1. The monoisotopic (exact) mass is 288 g/mol. The van der Waals surface area contributed by atoms with Gasteiger partial charge in [0.1, 0.15) is 5.82 Å². The summed E-state index contributed by atoms with van der Waals surface area (Å²) >= 11 is 0. The molecule has 0 fully saturated rings. The Kier molecular flexibility index (Phi) is 4.65. The molecule has 1 unspecified atom stereocenters. The first kappa shape index (κ1) is 15.6. The molecule has 0 radical (unpaired) electrons. The van der Waals surface area contributed by atoms with Gasteiger partial charge >= 0.3 is 0 Å². The van der Waals surface area contributed by atoms with E-state index < -0.39 is 26.6 Å². The largest absolute Gasteiger partial charge is 0.339 e. The van der Waals surface area contributed by atoms with Crippen LogP contribution in [-0.4, -0.2) is 32.3 Å². The van der Waals surface area contributed by atoms with Crippen LogP contribution in [0.2, 0.25) is 0 Å². The standard InChI is InChI=1S/C12H17FN2O3S/c1-4-8(2)15(3)12(16)9-5-10(13)7-11(6-9)19(14,17)18/h5-8H,4H2,1-3H3,(H2,14,17,18). The maximum Gasteiger partial charge on any atom is 0.253 e. The normalized spacial score (nSPS) is 13.1. The molecule has 0 aliphatic heterocycles. The predicted molar refractivity (Wildman–Crippen MR) is 69.6 cm³/mol. The van der Waals surface area contributed by atoms with Gasteiger partial charge in [-0.25, -0.2) is 17.9 Å². The van der Waals surface area contributed by atoms with Gasteiger partial charge in [-0.3, -0.25) is 4.79 Å². The summed E-state index contributed by atoms with van der Waals surface area (Å²) in [5.41, 5.74) is -0.0353. The van der Waals surface area contributed by atoms with E-state index >= 15 is 0 Å². The van der Waals surface area contributed by atoms with Crippen LogP contribution in [0.4, 0.5) is 4.39 Å². The Labute approximate surface area is 112 Å². The number of rotatable bonds is 4. The summed E-state index contributed by atoms with van der Waals surface area (Å²) < 4.78 is 35.8. The third kappa shape index (κ3) is 3.74. The van der Waals surface area contributed by atoms with Gasteiger partial charge in [-0.15, -0.1) is 0 Å². The number of primary sulfonamides is 1. The molecule has 1 amide bonds. The average molecular weight is 288 g/mol. The van der Waals surface area contributed by atoms with Gasteiger partial charge < -0.3 is 4.90 Å². The zero-order chi connectivity index (χ0) is 14.8. The molecule has 5 nitrogen and oxygen atoms in total. The number of halogens is 1. The quantitative estimate of drug-likeness (QED) is 0.908. The molecule has 0 aliphatic carbocycles. The second kappa shape index (κ2) is 5.66. The number of carbonyl (C=O) groups is 1. The Bertz CT molecular complexity index is 587. The highest BCUT2D eigenvalue weighted by atomic mass is 32.2. The van der Waals surface area contributed by atoms with Crippen LogP contribution < -0.4 is 5.14 Å². The Hall–Kier alpha value is -1.47. The summed E-state index contributed by atoms with van der Waals surface area (Å²) in [6.07, 6.45) is 0.736. The first-order valence-corrected chi connectivity index (χ1v) is 7.32. The molecule has 0 spiro atoms. The molecule has 0 aliphatic rings. The summed E-state index contributed by atoms with van der Waals surface area (Å²) in [4.78, 5) is 13.1. The van der Waals surface area contributed by atoms with E-state index in [4.69, 9.17) is 5.14 Å². The van der Waals surface area contributed by atoms with Crippen molar-refractivity contribution in [2.24, 2.45) is 5.14 Å². The van der Waals surface area contributed by atoms with Gasteiger partial charge in [-0.05, 0) is 31.5 Å². The first-order chi connectivity index (χ1) is 8.66. The van der Waals surface area contributed by atoms with Crippen LogP contribution in [0.15, 0.2) is 23.1 Å². The maximum atomic E-state index is 13.4. The lowest BCUT2D eigenvalue weighted by atomic mass is 10.1. The Morgan fingerprint density at radius 1 is 1.42 bits per heavy atom. The van der Waals surface area contributed by atoms with E-state index in [2.05, 4.69) is 0 Å². The van der Waals surface area contributed by atoms with Crippen molar-refractivity contribution >= 4 is 15.9 Å². The lowest BCUT2D eigenvalue weighted by Gasteiger charge is -2.24. The van der Waals surface area contributed by atoms with Gasteiger partial charge in [-0.2, -0.15) is 0 Å². The molecule has 7 heteroatoms. The zero-order valence-corrected chi connectivity index (χ0v) is 11.9. The lowest BCUT2D eigenvalue weighted by Crippen LogP contribution is -2.34. The van der Waals surface area contributed by atoms with Crippen molar-refractivity contribution < 1.29 is 17.6 Å². The summed E-state index contributed by atoms with van der Waals surface area (Å²) in [5, 5.41) is 4.94. The second-order valence-corrected chi connectivity index (χ2v) is 5.96.